The van der Waals surface area contributed by atoms with E-state index in [1.165, 1.54) is 0 Å². The maximum atomic E-state index is 6.44. The molecule has 5 heteroatoms. The second-order valence-electron chi connectivity index (χ2n) is 8.20. The topological polar surface area (TPSA) is 9.23 Å². The highest BCUT2D eigenvalue weighted by Crippen LogP contribution is 2.68. The molecule has 0 amide bonds. The zero-order chi connectivity index (χ0) is 14.6. The molecule has 0 N–H and O–H groups in total. The molecular weight excluding hydrogens is 299 g/mol. The minimum Gasteiger partial charge on any atom is -0.416 e. The Hall–Kier alpha value is 0.974. The van der Waals surface area contributed by atoms with E-state index in [2.05, 4.69) is 53.5 Å². The van der Waals surface area contributed by atoms with E-state index in [4.69, 9.17) is 27.6 Å². The molecule has 1 aliphatic rings. The third kappa shape index (κ3) is 3.35. The van der Waals surface area contributed by atoms with Gasteiger partial charge in [0.15, 0.2) is 8.32 Å². The number of alkyl halides is 2. The monoisotopic (exact) mass is 326 g/mol. The van der Waals surface area contributed by atoms with Crippen LogP contribution in [-0.2, 0) is 4.43 Å². The molecule has 1 fully saturated rings. The molecular formula is C13H28Cl2OSi2. The summed E-state index contributed by atoms with van der Waals surface area (Å²) in [5, 5.41) is 0.248. The van der Waals surface area contributed by atoms with Crippen LogP contribution in [-0.4, -0.2) is 27.3 Å². The Morgan fingerprint density at radius 1 is 1.06 bits per heavy atom. The average Bonchev–Trinajstić information content (AvgIpc) is 2.62. The van der Waals surface area contributed by atoms with E-state index in [0.717, 1.165) is 6.61 Å². The minimum absolute atomic E-state index is 0.248. The van der Waals surface area contributed by atoms with Gasteiger partial charge in [-0.15, -0.1) is 23.2 Å². The lowest BCUT2D eigenvalue weighted by atomic mass is 10.2. The summed E-state index contributed by atoms with van der Waals surface area (Å²) in [4.78, 5) is 0. The number of hydrogen-bond acceptors (Lipinski definition) is 1. The molecule has 0 aromatic rings. The van der Waals surface area contributed by atoms with Crippen LogP contribution in [0, 0.1) is 5.92 Å². The molecule has 1 aliphatic carbocycles. The van der Waals surface area contributed by atoms with E-state index in [1.807, 2.05) is 0 Å². The molecule has 1 saturated carbocycles. The standard InChI is InChI=1S/C13H28Cl2OSi2/c1-12(2,3)18(7,8)16-9-10-11(13(10,14)15)17(4,5)6/h10-11H,9H2,1-8H3. The van der Waals surface area contributed by atoms with Crippen LogP contribution in [0.5, 0.6) is 0 Å². The van der Waals surface area contributed by atoms with Crippen LogP contribution in [0.15, 0.2) is 0 Å². The molecule has 0 radical (unpaired) electrons. The SMILES string of the molecule is CC(C)(C)[Si](C)(C)OCC1C([Si](C)(C)C)C1(Cl)Cl. The van der Waals surface area contributed by atoms with Crippen molar-refractivity contribution in [3.05, 3.63) is 0 Å². The normalized spacial score (nSPS) is 28.3. The van der Waals surface area contributed by atoms with Crippen molar-refractivity contribution in [3.8, 4) is 0 Å². The Labute approximate surface area is 125 Å². The largest absolute Gasteiger partial charge is 0.416 e. The lowest BCUT2D eigenvalue weighted by Gasteiger charge is -2.36. The van der Waals surface area contributed by atoms with Crippen LogP contribution >= 0.6 is 23.2 Å². The van der Waals surface area contributed by atoms with Gasteiger partial charge in [0.05, 0.1) is 8.07 Å². The van der Waals surface area contributed by atoms with Gasteiger partial charge in [0, 0.05) is 12.5 Å². The van der Waals surface area contributed by atoms with Crippen molar-refractivity contribution in [3.63, 3.8) is 0 Å². The molecule has 1 rings (SSSR count). The molecule has 0 aliphatic heterocycles. The van der Waals surface area contributed by atoms with E-state index in [9.17, 15) is 0 Å². The molecule has 0 aromatic carbocycles. The van der Waals surface area contributed by atoms with Crippen molar-refractivity contribution in [2.24, 2.45) is 5.92 Å². The zero-order valence-electron chi connectivity index (χ0n) is 13.0. The van der Waals surface area contributed by atoms with Crippen molar-refractivity contribution in [2.45, 2.75) is 68.4 Å². The molecule has 0 spiro atoms. The van der Waals surface area contributed by atoms with Gasteiger partial charge in [-0.05, 0) is 23.7 Å². The van der Waals surface area contributed by atoms with Crippen molar-refractivity contribution in [1.82, 2.24) is 0 Å². The first-order valence-electron chi connectivity index (χ1n) is 6.73. The first-order valence-corrected chi connectivity index (χ1v) is 14.0. The summed E-state index contributed by atoms with van der Waals surface area (Å²) < 4.78 is 5.74. The minimum atomic E-state index is -1.68. The number of hydrogen-bond donors (Lipinski definition) is 0. The van der Waals surface area contributed by atoms with Crippen LogP contribution in [0.25, 0.3) is 0 Å². The van der Waals surface area contributed by atoms with E-state index in [0.29, 0.717) is 11.5 Å². The van der Waals surface area contributed by atoms with Gasteiger partial charge >= 0.3 is 0 Å². The average molecular weight is 327 g/mol. The van der Waals surface area contributed by atoms with Crippen LogP contribution < -0.4 is 0 Å². The highest BCUT2D eigenvalue weighted by molar-refractivity contribution is 6.82. The third-order valence-electron chi connectivity index (χ3n) is 4.57. The van der Waals surface area contributed by atoms with Gasteiger partial charge in [-0.25, -0.2) is 0 Å². The molecule has 108 valence electrons. The van der Waals surface area contributed by atoms with E-state index in [1.54, 1.807) is 0 Å². The van der Waals surface area contributed by atoms with E-state index >= 15 is 0 Å². The Bertz CT molecular complexity index is 316. The van der Waals surface area contributed by atoms with Gasteiger partial charge in [0.25, 0.3) is 0 Å². The quantitative estimate of drug-likeness (QED) is 0.488. The molecule has 2 unspecified atom stereocenters. The third-order valence-corrected chi connectivity index (χ3v) is 13.2. The van der Waals surface area contributed by atoms with E-state index < -0.39 is 20.7 Å². The molecule has 1 nitrogen and oxygen atoms in total. The van der Waals surface area contributed by atoms with Gasteiger partial charge in [0.2, 0.25) is 0 Å². The van der Waals surface area contributed by atoms with Gasteiger partial charge in [-0.1, -0.05) is 40.4 Å². The molecule has 0 bridgehead atoms. The van der Waals surface area contributed by atoms with Gasteiger partial charge in [-0.3, -0.25) is 0 Å². The second kappa shape index (κ2) is 4.76. The first kappa shape index (κ1) is 17.0. The van der Waals surface area contributed by atoms with Crippen LogP contribution in [0.2, 0.25) is 43.3 Å². The molecule has 0 heterocycles. The second-order valence-corrected chi connectivity index (χ2v) is 19.8. The van der Waals surface area contributed by atoms with Crippen molar-refractivity contribution in [2.75, 3.05) is 6.61 Å². The maximum Gasteiger partial charge on any atom is 0.191 e. The van der Waals surface area contributed by atoms with Gasteiger partial charge < -0.3 is 4.43 Å². The number of rotatable bonds is 4. The van der Waals surface area contributed by atoms with E-state index in [-0.39, 0.29) is 5.04 Å². The Morgan fingerprint density at radius 3 is 1.78 bits per heavy atom. The van der Waals surface area contributed by atoms with Crippen molar-refractivity contribution >= 4 is 39.6 Å². The van der Waals surface area contributed by atoms with Crippen molar-refractivity contribution in [1.29, 1.82) is 0 Å². The zero-order valence-corrected chi connectivity index (χ0v) is 16.5. The summed E-state index contributed by atoms with van der Waals surface area (Å²) >= 11 is 12.9. The predicted molar refractivity (Wildman–Crippen MR) is 88.2 cm³/mol. The summed E-state index contributed by atoms with van der Waals surface area (Å²) in [6.45, 7) is 19.1. The molecule has 18 heavy (non-hydrogen) atoms. The first-order chi connectivity index (χ1) is 7.71. The molecule has 0 saturated heterocycles. The highest BCUT2D eigenvalue weighted by Gasteiger charge is 2.67. The molecule has 0 aromatic heterocycles. The smallest absolute Gasteiger partial charge is 0.191 e. The predicted octanol–water partition coefficient (Wildman–Crippen LogP) is 5.52. The summed E-state index contributed by atoms with van der Waals surface area (Å²) in [5.41, 5.74) is 0.470. The Morgan fingerprint density at radius 2 is 1.50 bits per heavy atom. The van der Waals surface area contributed by atoms with Crippen LogP contribution in [0.3, 0.4) is 0 Å². The Balaban J connectivity index is 2.62. The van der Waals surface area contributed by atoms with Crippen molar-refractivity contribution < 1.29 is 4.43 Å². The highest BCUT2D eigenvalue weighted by atomic mass is 35.5. The fourth-order valence-corrected chi connectivity index (χ4v) is 8.89. The molecule has 2 atom stereocenters. The van der Waals surface area contributed by atoms with Gasteiger partial charge in [0.1, 0.15) is 4.33 Å². The summed E-state index contributed by atoms with van der Waals surface area (Å²) in [6, 6.07) is 0. The summed E-state index contributed by atoms with van der Waals surface area (Å²) in [6.07, 6.45) is 0. The fourth-order valence-electron chi connectivity index (χ4n) is 2.29. The summed E-state index contributed by atoms with van der Waals surface area (Å²) in [7, 11) is -2.97. The lowest BCUT2D eigenvalue weighted by Crippen LogP contribution is -2.41. The van der Waals surface area contributed by atoms with Gasteiger partial charge in [-0.2, -0.15) is 0 Å². The Kier molecular flexibility index (Phi) is 4.51. The fraction of sp³-hybridized carbons (Fsp3) is 1.00. The summed E-state index contributed by atoms with van der Waals surface area (Å²) in [5.74, 6) is 0.335. The maximum absolute atomic E-state index is 6.44. The van der Waals surface area contributed by atoms with Crippen LogP contribution in [0.4, 0.5) is 0 Å². The lowest BCUT2D eigenvalue weighted by molar-refractivity contribution is 0.271. The van der Waals surface area contributed by atoms with Crippen LogP contribution in [0.1, 0.15) is 20.8 Å². The number of halogens is 2.